The molecule has 0 spiro atoms. The van der Waals surface area contributed by atoms with Crippen molar-refractivity contribution in [3.8, 4) is 22.1 Å². The predicted octanol–water partition coefficient (Wildman–Crippen LogP) is 4.10. The zero-order chi connectivity index (χ0) is 12.5. The maximum atomic E-state index is 13.4. The number of hydrogen-bond acceptors (Lipinski definition) is 3. The Balaban J connectivity index is 2.00. The minimum absolute atomic E-state index is 0.324. The third kappa shape index (κ3) is 2.09. The molecule has 0 fully saturated rings. The highest BCUT2D eigenvalue weighted by atomic mass is 79.9. The van der Waals surface area contributed by atoms with E-state index in [0.717, 1.165) is 4.88 Å². The van der Waals surface area contributed by atoms with Crippen LogP contribution in [0.5, 0.6) is 0 Å². The number of aromatic nitrogens is 3. The molecule has 18 heavy (non-hydrogen) atoms. The highest BCUT2D eigenvalue weighted by Gasteiger charge is 2.10. The summed E-state index contributed by atoms with van der Waals surface area (Å²) in [5, 5.41) is 8.93. The Kier molecular flexibility index (Phi) is 2.97. The number of rotatable bonds is 2. The van der Waals surface area contributed by atoms with Gasteiger partial charge in [-0.1, -0.05) is 6.07 Å². The quantitative estimate of drug-likeness (QED) is 0.771. The molecule has 6 heteroatoms. The summed E-state index contributed by atoms with van der Waals surface area (Å²) in [5.74, 6) is 0.864. The normalized spacial score (nSPS) is 10.8. The average Bonchev–Trinajstić information content (AvgIpc) is 3.01. The van der Waals surface area contributed by atoms with Gasteiger partial charge in [-0.25, -0.2) is 9.37 Å². The van der Waals surface area contributed by atoms with Crippen molar-refractivity contribution >= 4 is 27.3 Å². The van der Waals surface area contributed by atoms with Gasteiger partial charge >= 0.3 is 0 Å². The number of benzene rings is 1. The fraction of sp³-hybridized carbons (Fsp3) is 0. The van der Waals surface area contributed by atoms with Crippen LogP contribution in [0.2, 0.25) is 0 Å². The molecule has 2 heterocycles. The van der Waals surface area contributed by atoms with Crippen LogP contribution in [0.25, 0.3) is 22.1 Å². The van der Waals surface area contributed by atoms with Gasteiger partial charge < -0.3 is 0 Å². The summed E-state index contributed by atoms with van der Waals surface area (Å²) in [5.41, 5.74) is 0.648. The molecule has 0 saturated heterocycles. The highest BCUT2D eigenvalue weighted by Crippen LogP contribution is 2.25. The molecule has 0 bridgehead atoms. The molecule has 90 valence electrons. The van der Waals surface area contributed by atoms with Crippen molar-refractivity contribution in [1.82, 2.24) is 15.2 Å². The van der Waals surface area contributed by atoms with E-state index in [1.54, 1.807) is 23.5 Å². The zero-order valence-electron chi connectivity index (χ0n) is 9.02. The SMILES string of the molecule is Fc1cc(-c2n[nH]c(-c3cccs3)n2)ccc1Br. The van der Waals surface area contributed by atoms with Crippen LogP contribution in [0.3, 0.4) is 0 Å². The molecule has 0 radical (unpaired) electrons. The first-order valence-corrected chi connectivity index (χ1v) is 6.83. The summed E-state index contributed by atoms with van der Waals surface area (Å²) in [6, 6.07) is 8.73. The molecule has 1 aromatic carbocycles. The number of aromatic amines is 1. The van der Waals surface area contributed by atoms with Crippen LogP contribution in [0.4, 0.5) is 4.39 Å². The van der Waals surface area contributed by atoms with Crippen molar-refractivity contribution in [3.63, 3.8) is 0 Å². The first kappa shape index (κ1) is 11.6. The number of nitrogens with zero attached hydrogens (tertiary/aromatic N) is 2. The van der Waals surface area contributed by atoms with E-state index in [0.29, 0.717) is 21.7 Å². The fourth-order valence-electron chi connectivity index (χ4n) is 1.55. The lowest BCUT2D eigenvalue weighted by molar-refractivity contribution is 0.621. The van der Waals surface area contributed by atoms with E-state index in [4.69, 9.17) is 0 Å². The van der Waals surface area contributed by atoms with Crippen LogP contribution >= 0.6 is 27.3 Å². The Morgan fingerprint density at radius 2 is 2.17 bits per heavy atom. The fourth-order valence-corrected chi connectivity index (χ4v) is 2.46. The van der Waals surface area contributed by atoms with Gasteiger partial charge in [-0.2, -0.15) is 5.10 Å². The maximum Gasteiger partial charge on any atom is 0.181 e. The summed E-state index contributed by atoms with van der Waals surface area (Å²) >= 11 is 4.69. The first-order chi connectivity index (χ1) is 8.74. The van der Waals surface area contributed by atoms with Crippen molar-refractivity contribution in [3.05, 3.63) is 46.0 Å². The van der Waals surface area contributed by atoms with Gasteiger partial charge in [0.25, 0.3) is 0 Å². The average molecular weight is 324 g/mol. The summed E-state index contributed by atoms with van der Waals surface area (Å²) in [6.45, 7) is 0. The van der Waals surface area contributed by atoms with Crippen LogP contribution in [0.15, 0.2) is 40.2 Å². The lowest BCUT2D eigenvalue weighted by atomic mass is 10.2. The number of H-pyrrole nitrogens is 1. The largest absolute Gasteiger partial charge is 0.258 e. The third-order valence-electron chi connectivity index (χ3n) is 2.42. The van der Waals surface area contributed by atoms with E-state index >= 15 is 0 Å². The highest BCUT2D eigenvalue weighted by molar-refractivity contribution is 9.10. The first-order valence-electron chi connectivity index (χ1n) is 5.16. The molecular formula is C12H7BrFN3S. The summed E-state index contributed by atoms with van der Waals surface area (Å²) in [4.78, 5) is 5.36. The summed E-state index contributed by atoms with van der Waals surface area (Å²) in [6.07, 6.45) is 0. The van der Waals surface area contributed by atoms with Gasteiger partial charge in [0, 0.05) is 5.56 Å². The van der Waals surface area contributed by atoms with Gasteiger partial charge in [0.05, 0.1) is 9.35 Å². The van der Waals surface area contributed by atoms with Gasteiger partial charge in [0.15, 0.2) is 11.6 Å². The van der Waals surface area contributed by atoms with E-state index in [1.807, 2.05) is 17.5 Å². The Morgan fingerprint density at radius 1 is 1.28 bits per heavy atom. The molecule has 0 unspecified atom stereocenters. The molecule has 0 atom stereocenters. The van der Waals surface area contributed by atoms with Crippen LogP contribution in [0.1, 0.15) is 0 Å². The lowest BCUT2D eigenvalue weighted by Gasteiger charge is -1.97. The number of hydrogen-bond donors (Lipinski definition) is 1. The van der Waals surface area contributed by atoms with Gasteiger partial charge in [-0.3, -0.25) is 5.10 Å². The van der Waals surface area contributed by atoms with Gasteiger partial charge in [0.1, 0.15) is 5.82 Å². The van der Waals surface area contributed by atoms with Crippen molar-refractivity contribution in [2.75, 3.05) is 0 Å². The molecule has 3 aromatic rings. The molecule has 0 aliphatic rings. The van der Waals surface area contributed by atoms with Gasteiger partial charge in [0.2, 0.25) is 0 Å². The maximum absolute atomic E-state index is 13.4. The Hall–Kier alpha value is -1.53. The van der Waals surface area contributed by atoms with Crippen LogP contribution in [-0.4, -0.2) is 15.2 Å². The number of nitrogens with one attached hydrogen (secondary N) is 1. The standard InChI is InChI=1S/C12H7BrFN3S/c13-8-4-3-7(6-9(8)14)11-15-12(17-16-11)10-2-1-5-18-10/h1-6H,(H,15,16,17). The molecule has 1 N–H and O–H groups in total. The second-order valence-corrected chi connectivity index (χ2v) is 5.42. The second kappa shape index (κ2) is 4.62. The molecule has 3 rings (SSSR count). The second-order valence-electron chi connectivity index (χ2n) is 3.61. The van der Waals surface area contributed by atoms with E-state index < -0.39 is 0 Å². The molecule has 0 saturated carbocycles. The summed E-state index contributed by atoms with van der Waals surface area (Å²) < 4.78 is 13.9. The van der Waals surface area contributed by atoms with Gasteiger partial charge in [-0.15, -0.1) is 11.3 Å². The van der Waals surface area contributed by atoms with E-state index in [1.165, 1.54) is 6.07 Å². The van der Waals surface area contributed by atoms with E-state index in [-0.39, 0.29) is 5.82 Å². The van der Waals surface area contributed by atoms with Crippen LogP contribution < -0.4 is 0 Å². The smallest absolute Gasteiger partial charge is 0.181 e. The minimum Gasteiger partial charge on any atom is -0.258 e. The lowest BCUT2D eigenvalue weighted by Crippen LogP contribution is -1.84. The Labute approximate surface area is 115 Å². The van der Waals surface area contributed by atoms with Crippen LogP contribution in [0, 0.1) is 5.82 Å². The number of thiophene rings is 1. The molecule has 0 aliphatic heterocycles. The van der Waals surface area contributed by atoms with E-state index in [9.17, 15) is 4.39 Å². The molecule has 0 amide bonds. The monoisotopic (exact) mass is 323 g/mol. The minimum atomic E-state index is -0.324. The van der Waals surface area contributed by atoms with Crippen molar-refractivity contribution < 1.29 is 4.39 Å². The predicted molar refractivity (Wildman–Crippen MR) is 72.8 cm³/mol. The molecule has 0 aliphatic carbocycles. The molecule has 2 aromatic heterocycles. The van der Waals surface area contributed by atoms with Crippen LogP contribution in [-0.2, 0) is 0 Å². The molecule has 3 nitrogen and oxygen atoms in total. The third-order valence-corrected chi connectivity index (χ3v) is 3.94. The summed E-state index contributed by atoms with van der Waals surface area (Å²) in [7, 11) is 0. The van der Waals surface area contributed by atoms with Crippen molar-refractivity contribution in [2.24, 2.45) is 0 Å². The van der Waals surface area contributed by atoms with Gasteiger partial charge in [-0.05, 0) is 45.6 Å². The Morgan fingerprint density at radius 3 is 2.89 bits per heavy atom. The van der Waals surface area contributed by atoms with Crippen molar-refractivity contribution in [2.45, 2.75) is 0 Å². The molecular weight excluding hydrogens is 317 g/mol. The number of halogens is 2. The Bertz CT molecular complexity index is 678. The van der Waals surface area contributed by atoms with E-state index in [2.05, 4.69) is 31.1 Å². The zero-order valence-corrected chi connectivity index (χ0v) is 11.4. The topological polar surface area (TPSA) is 41.6 Å². The van der Waals surface area contributed by atoms with Crippen molar-refractivity contribution in [1.29, 1.82) is 0 Å².